The minimum absolute atomic E-state index is 1.32. The van der Waals surface area contributed by atoms with Crippen LogP contribution in [0.25, 0.3) is 0 Å². The zero-order valence-electron chi connectivity index (χ0n) is 8.40. The van der Waals surface area contributed by atoms with E-state index in [9.17, 15) is 0 Å². The molecule has 1 heteroatoms. The molecule has 1 saturated heterocycles. The molecular weight excluding hydrogens is 134 g/mol. The van der Waals surface area contributed by atoms with Crippen LogP contribution >= 0.6 is 0 Å². The van der Waals surface area contributed by atoms with E-state index in [0.717, 1.165) is 0 Å². The molecule has 0 aromatic carbocycles. The first-order chi connectivity index (χ1) is 5.43. The lowest BCUT2D eigenvalue weighted by Gasteiger charge is -2.25. The molecule has 0 aromatic heterocycles. The van der Waals surface area contributed by atoms with E-state index in [1.165, 1.54) is 45.3 Å². The standard InChI is InChI=1S/C8H17N.C2H6/c1-2-6-9-7-4-3-5-8-9;1-2/h2-8H2,1H3;1-2H3. The number of hydrogen-bond donors (Lipinski definition) is 0. The Morgan fingerprint density at radius 3 is 2.00 bits per heavy atom. The van der Waals surface area contributed by atoms with Crippen molar-refractivity contribution in [2.75, 3.05) is 19.6 Å². The van der Waals surface area contributed by atoms with Crippen molar-refractivity contribution < 1.29 is 0 Å². The zero-order chi connectivity index (χ0) is 8.53. The predicted octanol–water partition coefficient (Wildman–Crippen LogP) is 2.91. The average Bonchev–Trinajstić information content (AvgIpc) is 2.11. The fraction of sp³-hybridized carbons (Fsp3) is 1.00. The summed E-state index contributed by atoms with van der Waals surface area (Å²) in [6.45, 7) is 10.3. The second-order valence-electron chi connectivity index (χ2n) is 2.90. The lowest BCUT2D eigenvalue weighted by Crippen LogP contribution is -2.30. The molecule has 1 fully saturated rings. The van der Waals surface area contributed by atoms with Crippen molar-refractivity contribution in [2.24, 2.45) is 0 Å². The SMILES string of the molecule is CC.CCCN1CCCCC1. The van der Waals surface area contributed by atoms with E-state index in [0.29, 0.717) is 0 Å². The highest BCUT2D eigenvalue weighted by Gasteiger charge is 2.07. The van der Waals surface area contributed by atoms with Crippen LogP contribution < -0.4 is 0 Å². The molecule has 0 N–H and O–H groups in total. The quantitative estimate of drug-likeness (QED) is 0.595. The van der Waals surface area contributed by atoms with Gasteiger partial charge in [0.2, 0.25) is 0 Å². The molecule has 0 aromatic rings. The topological polar surface area (TPSA) is 3.24 Å². The van der Waals surface area contributed by atoms with E-state index in [2.05, 4.69) is 11.8 Å². The highest BCUT2D eigenvalue weighted by atomic mass is 15.1. The average molecular weight is 157 g/mol. The van der Waals surface area contributed by atoms with Crippen LogP contribution in [0.1, 0.15) is 46.5 Å². The maximum atomic E-state index is 2.57. The Bertz CT molecular complexity index is 62.5. The van der Waals surface area contributed by atoms with Gasteiger partial charge < -0.3 is 4.90 Å². The highest BCUT2D eigenvalue weighted by Crippen LogP contribution is 2.07. The van der Waals surface area contributed by atoms with Gasteiger partial charge in [-0.3, -0.25) is 0 Å². The van der Waals surface area contributed by atoms with Gasteiger partial charge in [0.1, 0.15) is 0 Å². The van der Waals surface area contributed by atoms with Crippen LogP contribution in [0.4, 0.5) is 0 Å². The van der Waals surface area contributed by atoms with Crippen molar-refractivity contribution in [2.45, 2.75) is 46.5 Å². The number of nitrogens with zero attached hydrogens (tertiary/aromatic N) is 1. The fourth-order valence-electron chi connectivity index (χ4n) is 1.50. The van der Waals surface area contributed by atoms with Crippen molar-refractivity contribution >= 4 is 0 Å². The largest absolute Gasteiger partial charge is 0.303 e. The first-order valence-corrected chi connectivity index (χ1v) is 5.16. The van der Waals surface area contributed by atoms with Gasteiger partial charge in [0.05, 0.1) is 0 Å². The Hall–Kier alpha value is -0.0400. The second-order valence-corrected chi connectivity index (χ2v) is 2.90. The molecule has 0 saturated carbocycles. The van der Waals surface area contributed by atoms with Crippen molar-refractivity contribution in [3.8, 4) is 0 Å². The van der Waals surface area contributed by atoms with Crippen molar-refractivity contribution in [1.82, 2.24) is 4.90 Å². The van der Waals surface area contributed by atoms with Crippen LogP contribution in [0.15, 0.2) is 0 Å². The monoisotopic (exact) mass is 157 g/mol. The van der Waals surface area contributed by atoms with Crippen LogP contribution in [0.3, 0.4) is 0 Å². The molecule has 1 aliphatic heterocycles. The Morgan fingerprint density at radius 1 is 1.00 bits per heavy atom. The number of piperidine rings is 1. The zero-order valence-corrected chi connectivity index (χ0v) is 8.40. The third-order valence-electron chi connectivity index (χ3n) is 1.99. The highest BCUT2D eigenvalue weighted by molar-refractivity contribution is 4.62. The summed E-state index contributed by atoms with van der Waals surface area (Å²) in [5.41, 5.74) is 0. The van der Waals surface area contributed by atoms with E-state index >= 15 is 0 Å². The van der Waals surface area contributed by atoms with E-state index in [1.54, 1.807) is 0 Å². The molecule has 68 valence electrons. The molecule has 1 heterocycles. The van der Waals surface area contributed by atoms with E-state index < -0.39 is 0 Å². The summed E-state index contributed by atoms with van der Waals surface area (Å²) in [4.78, 5) is 2.57. The fourth-order valence-corrected chi connectivity index (χ4v) is 1.50. The summed E-state index contributed by atoms with van der Waals surface area (Å²) >= 11 is 0. The van der Waals surface area contributed by atoms with Gasteiger partial charge in [0, 0.05) is 0 Å². The van der Waals surface area contributed by atoms with Crippen LogP contribution in [-0.4, -0.2) is 24.5 Å². The lowest BCUT2D eigenvalue weighted by molar-refractivity contribution is 0.229. The van der Waals surface area contributed by atoms with Gasteiger partial charge in [0.15, 0.2) is 0 Å². The third-order valence-corrected chi connectivity index (χ3v) is 1.99. The molecule has 11 heavy (non-hydrogen) atoms. The van der Waals surface area contributed by atoms with Gasteiger partial charge in [-0.25, -0.2) is 0 Å². The van der Waals surface area contributed by atoms with Crippen molar-refractivity contribution in [1.29, 1.82) is 0 Å². The van der Waals surface area contributed by atoms with Crippen LogP contribution in [0, 0.1) is 0 Å². The van der Waals surface area contributed by atoms with Crippen molar-refractivity contribution in [3.63, 3.8) is 0 Å². The maximum absolute atomic E-state index is 2.57. The summed E-state index contributed by atoms with van der Waals surface area (Å²) in [5.74, 6) is 0. The molecule has 1 aliphatic rings. The molecular formula is C10H23N. The van der Waals surface area contributed by atoms with Gasteiger partial charge in [-0.05, 0) is 38.9 Å². The first kappa shape index (κ1) is 11.0. The smallest absolute Gasteiger partial charge is 0.00187 e. The molecule has 1 nitrogen and oxygen atoms in total. The van der Waals surface area contributed by atoms with E-state index in [1.807, 2.05) is 13.8 Å². The van der Waals surface area contributed by atoms with Crippen LogP contribution in [0.2, 0.25) is 0 Å². The lowest BCUT2D eigenvalue weighted by atomic mass is 10.1. The first-order valence-electron chi connectivity index (χ1n) is 5.16. The van der Waals surface area contributed by atoms with Crippen LogP contribution in [-0.2, 0) is 0 Å². The molecule has 1 rings (SSSR count). The summed E-state index contributed by atoms with van der Waals surface area (Å²) in [6, 6.07) is 0. The summed E-state index contributed by atoms with van der Waals surface area (Å²) in [7, 11) is 0. The molecule has 0 atom stereocenters. The van der Waals surface area contributed by atoms with Crippen molar-refractivity contribution in [3.05, 3.63) is 0 Å². The van der Waals surface area contributed by atoms with E-state index in [-0.39, 0.29) is 0 Å². The van der Waals surface area contributed by atoms with E-state index in [4.69, 9.17) is 0 Å². The summed E-state index contributed by atoms with van der Waals surface area (Å²) < 4.78 is 0. The minimum atomic E-state index is 1.32. The number of likely N-dealkylation sites (tertiary alicyclic amines) is 1. The molecule has 0 radical (unpaired) electrons. The van der Waals surface area contributed by atoms with Gasteiger partial charge in [-0.1, -0.05) is 27.2 Å². The predicted molar refractivity (Wildman–Crippen MR) is 51.9 cm³/mol. The normalized spacial score (nSPS) is 18.8. The maximum Gasteiger partial charge on any atom is -0.00187 e. The van der Waals surface area contributed by atoms with Gasteiger partial charge in [-0.15, -0.1) is 0 Å². The third kappa shape index (κ3) is 5.25. The Kier molecular flexibility index (Phi) is 8.03. The Morgan fingerprint density at radius 2 is 1.55 bits per heavy atom. The minimum Gasteiger partial charge on any atom is -0.303 e. The summed E-state index contributed by atoms with van der Waals surface area (Å²) in [5, 5.41) is 0. The number of hydrogen-bond acceptors (Lipinski definition) is 1. The molecule has 0 spiro atoms. The Balaban J connectivity index is 0.000000461. The van der Waals surface area contributed by atoms with Gasteiger partial charge in [0.25, 0.3) is 0 Å². The second kappa shape index (κ2) is 8.06. The van der Waals surface area contributed by atoms with Gasteiger partial charge >= 0.3 is 0 Å². The number of rotatable bonds is 2. The van der Waals surface area contributed by atoms with Gasteiger partial charge in [-0.2, -0.15) is 0 Å². The molecule has 0 aliphatic carbocycles. The molecule has 0 unspecified atom stereocenters. The Labute approximate surface area is 71.8 Å². The molecule has 0 bridgehead atoms. The molecule has 0 amide bonds. The summed E-state index contributed by atoms with van der Waals surface area (Å²) in [6.07, 6.45) is 5.64. The van der Waals surface area contributed by atoms with Crippen LogP contribution in [0.5, 0.6) is 0 Å².